The summed E-state index contributed by atoms with van der Waals surface area (Å²) < 4.78 is 26.8. The van der Waals surface area contributed by atoms with Crippen LogP contribution in [0.1, 0.15) is 30.4 Å². The Morgan fingerprint density at radius 1 is 1.19 bits per heavy atom. The van der Waals surface area contributed by atoms with Crippen LogP contribution in [0.25, 0.3) is 0 Å². The van der Waals surface area contributed by atoms with E-state index in [1.807, 2.05) is 12.1 Å². The molecule has 16 heavy (non-hydrogen) atoms. The van der Waals surface area contributed by atoms with Gasteiger partial charge in [0.05, 0.1) is 0 Å². The average Bonchev–Trinajstić information content (AvgIpc) is 2.26. The third-order valence-electron chi connectivity index (χ3n) is 3.03. The molecule has 1 atom stereocenters. The number of aryl methyl sites for hydroxylation is 1. The second kappa shape index (κ2) is 4.20. The Bertz CT molecular complexity index is 470. The van der Waals surface area contributed by atoms with Crippen LogP contribution in [0.4, 0.5) is 8.78 Å². The normalized spacial score (nSPS) is 20.4. The number of halogens is 2. The van der Waals surface area contributed by atoms with Gasteiger partial charge in [-0.3, -0.25) is 0 Å². The summed E-state index contributed by atoms with van der Waals surface area (Å²) >= 11 is 0. The van der Waals surface area contributed by atoms with Crippen molar-refractivity contribution in [2.75, 3.05) is 0 Å². The molecular formula is C14H14F2. The van der Waals surface area contributed by atoms with Crippen molar-refractivity contribution in [3.63, 3.8) is 0 Å². The summed E-state index contributed by atoms with van der Waals surface area (Å²) in [5, 5.41) is 0. The van der Waals surface area contributed by atoms with Crippen molar-refractivity contribution in [1.82, 2.24) is 0 Å². The SMILES string of the molecule is CC1=CCC(c2ccc(C)c(F)c2)C=C1F. The Hall–Kier alpha value is -1.44. The fourth-order valence-corrected chi connectivity index (χ4v) is 1.85. The lowest BCUT2D eigenvalue weighted by molar-refractivity contribution is 0.607. The van der Waals surface area contributed by atoms with Gasteiger partial charge in [-0.15, -0.1) is 0 Å². The summed E-state index contributed by atoms with van der Waals surface area (Å²) in [6.45, 7) is 3.47. The van der Waals surface area contributed by atoms with E-state index < -0.39 is 0 Å². The molecule has 2 rings (SSSR count). The zero-order chi connectivity index (χ0) is 11.7. The van der Waals surface area contributed by atoms with Gasteiger partial charge < -0.3 is 0 Å². The highest BCUT2D eigenvalue weighted by atomic mass is 19.1. The predicted octanol–water partition coefficient (Wildman–Crippen LogP) is 4.42. The number of rotatable bonds is 1. The standard InChI is InChI=1S/C14H14F2/c1-9-3-5-11(7-13(9)15)12-6-4-10(2)14(16)8-12/h3-5,7-8,12H,6H2,1-2H3. The fourth-order valence-electron chi connectivity index (χ4n) is 1.85. The van der Waals surface area contributed by atoms with E-state index in [2.05, 4.69) is 0 Å². The number of allylic oxidation sites excluding steroid dienone is 4. The van der Waals surface area contributed by atoms with E-state index >= 15 is 0 Å². The molecule has 0 spiro atoms. The first-order chi connectivity index (χ1) is 7.58. The van der Waals surface area contributed by atoms with Crippen molar-refractivity contribution in [2.45, 2.75) is 26.2 Å². The molecule has 0 saturated carbocycles. The predicted molar refractivity (Wildman–Crippen MR) is 61.4 cm³/mol. The van der Waals surface area contributed by atoms with Crippen LogP contribution in [0.3, 0.4) is 0 Å². The van der Waals surface area contributed by atoms with Crippen molar-refractivity contribution in [3.05, 3.63) is 58.7 Å². The second-order valence-corrected chi connectivity index (χ2v) is 4.25. The zero-order valence-corrected chi connectivity index (χ0v) is 9.43. The van der Waals surface area contributed by atoms with Gasteiger partial charge in [-0.2, -0.15) is 0 Å². The van der Waals surface area contributed by atoms with Crippen LogP contribution in [0.2, 0.25) is 0 Å². The Balaban J connectivity index is 2.30. The lowest BCUT2D eigenvalue weighted by Crippen LogP contribution is -2.01. The molecule has 0 amide bonds. The quantitative estimate of drug-likeness (QED) is 0.657. The van der Waals surface area contributed by atoms with E-state index in [4.69, 9.17) is 0 Å². The highest BCUT2D eigenvalue weighted by molar-refractivity contribution is 5.36. The molecule has 2 heteroatoms. The summed E-state index contributed by atoms with van der Waals surface area (Å²) in [6.07, 6.45) is 4.17. The monoisotopic (exact) mass is 220 g/mol. The van der Waals surface area contributed by atoms with E-state index in [0.717, 1.165) is 12.0 Å². The first-order valence-corrected chi connectivity index (χ1v) is 5.38. The van der Waals surface area contributed by atoms with E-state index in [1.165, 1.54) is 6.07 Å². The van der Waals surface area contributed by atoms with Crippen molar-refractivity contribution < 1.29 is 8.78 Å². The fraction of sp³-hybridized carbons (Fsp3) is 0.286. The molecule has 0 nitrogen and oxygen atoms in total. The first kappa shape index (κ1) is 11.1. The van der Waals surface area contributed by atoms with E-state index in [1.54, 1.807) is 26.0 Å². The molecule has 0 aromatic heterocycles. The maximum absolute atomic E-state index is 13.4. The van der Waals surface area contributed by atoms with Crippen LogP contribution in [-0.4, -0.2) is 0 Å². The smallest absolute Gasteiger partial charge is 0.126 e. The molecule has 1 aromatic carbocycles. The Labute approximate surface area is 94.3 Å². The van der Waals surface area contributed by atoms with Crippen LogP contribution >= 0.6 is 0 Å². The summed E-state index contributed by atoms with van der Waals surface area (Å²) in [5.41, 5.74) is 2.13. The minimum absolute atomic E-state index is 0.0428. The second-order valence-electron chi connectivity index (χ2n) is 4.25. The molecule has 0 heterocycles. The third-order valence-corrected chi connectivity index (χ3v) is 3.03. The van der Waals surface area contributed by atoms with E-state index in [0.29, 0.717) is 11.1 Å². The summed E-state index contributed by atoms with van der Waals surface area (Å²) in [4.78, 5) is 0. The van der Waals surface area contributed by atoms with E-state index in [-0.39, 0.29) is 17.6 Å². The molecule has 0 aliphatic heterocycles. The van der Waals surface area contributed by atoms with Crippen LogP contribution in [-0.2, 0) is 0 Å². The molecular weight excluding hydrogens is 206 g/mol. The number of hydrogen-bond donors (Lipinski definition) is 0. The molecule has 84 valence electrons. The minimum Gasteiger partial charge on any atom is -0.207 e. The molecule has 0 saturated heterocycles. The topological polar surface area (TPSA) is 0 Å². The average molecular weight is 220 g/mol. The molecule has 1 aliphatic rings. The maximum atomic E-state index is 13.4. The Morgan fingerprint density at radius 3 is 2.56 bits per heavy atom. The van der Waals surface area contributed by atoms with Gasteiger partial charge in [0.25, 0.3) is 0 Å². The van der Waals surface area contributed by atoms with Gasteiger partial charge in [-0.05, 0) is 49.1 Å². The molecule has 1 aromatic rings. The van der Waals surface area contributed by atoms with Crippen molar-refractivity contribution in [1.29, 1.82) is 0 Å². The van der Waals surface area contributed by atoms with Crippen LogP contribution in [0.15, 0.2) is 41.8 Å². The highest BCUT2D eigenvalue weighted by Crippen LogP contribution is 2.31. The molecule has 1 unspecified atom stereocenters. The van der Waals surface area contributed by atoms with Crippen molar-refractivity contribution in [3.8, 4) is 0 Å². The van der Waals surface area contributed by atoms with Gasteiger partial charge in [-0.25, -0.2) is 8.78 Å². The Kier molecular flexibility index (Phi) is 2.90. The highest BCUT2D eigenvalue weighted by Gasteiger charge is 2.15. The van der Waals surface area contributed by atoms with Crippen molar-refractivity contribution >= 4 is 0 Å². The summed E-state index contributed by atoms with van der Waals surface area (Å²) in [6, 6.07) is 5.10. The van der Waals surface area contributed by atoms with Crippen LogP contribution in [0, 0.1) is 12.7 Å². The lowest BCUT2D eigenvalue weighted by Gasteiger charge is -2.17. The molecule has 0 N–H and O–H groups in total. The Morgan fingerprint density at radius 2 is 1.94 bits per heavy atom. The lowest BCUT2D eigenvalue weighted by atomic mass is 9.89. The van der Waals surface area contributed by atoms with E-state index in [9.17, 15) is 8.78 Å². The number of benzene rings is 1. The zero-order valence-electron chi connectivity index (χ0n) is 9.43. The number of hydrogen-bond acceptors (Lipinski definition) is 0. The van der Waals surface area contributed by atoms with Crippen molar-refractivity contribution in [2.24, 2.45) is 0 Å². The van der Waals surface area contributed by atoms with Gasteiger partial charge in [0, 0.05) is 5.92 Å². The van der Waals surface area contributed by atoms with Gasteiger partial charge >= 0.3 is 0 Å². The van der Waals surface area contributed by atoms with Crippen LogP contribution in [0.5, 0.6) is 0 Å². The largest absolute Gasteiger partial charge is 0.207 e. The maximum Gasteiger partial charge on any atom is 0.126 e. The van der Waals surface area contributed by atoms with Gasteiger partial charge in [0.2, 0.25) is 0 Å². The molecule has 0 bridgehead atoms. The van der Waals surface area contributed by atoms with Gasteiger partial charge in [0.15, 0.2) is 0 Å². The van der Waals surface area contributed by atoms with Gasteiger partial charge in [-0.1, -0.05) is 18.2 Å². The molecule has 1 aliphatic carbocycles. The first-order valence-electron chi connectivity index (χ1n) is 5.38. The minimum atomic E-state index is -0.224. The van der Waals surface area contributed by atoms with Gasteiger partial charge in [0.1, 0.15) is 11.6 Å². The molecule has 0 radical (unpaired) electrons. The summed E-state index contributed by atoms with van der Waals surface area (Å²) in [7, 11) is 0. The van der Waals surface area contributed by atoms with Crippen LogP contribution < -0.4 is 0 Å². The third kappa shape index (κ3) is 2.06. The summed E-state index contributed by atoms with van der Waals surface area (Å²) in [5.74, 6) is -0.464. The molecule has 0 fully saturated rings.